The van der Waals surface area contributed by atoms with Crippen LogP contribution in [-0.2, 0) is 0 Å². The molecule has 15 heavy (non-hydrogen) atoms. The highest BCUT2D eigenvalue weighted by Crippen LogP contribution is 2.25. The summed E-state index contributed by atoms with van der Waals surface area (Å²) in [6.45, 7) is 0. The van der Waals surface area contributed by atoms with Crippen LogP contribution in [0, 0.1) is 3.90 Å². The number of hydrogen-bond donors (Lipinski definition) is 1. The maximum Gasteiger partial charge on any atom is 0.358 e. The average molecular weight is 315 g/mol. The number of aromatic nitrogens is 1. The van der Waals surface area contributed by atoms with Gasteiger partial charge in [0.25, 0.3) is 3.90 Å². The molecule has 1 N–H and O–H groups in total. The Kier molecular flexibility index (Phi) is 2.72. The molecule has 0 aliphatic rings. The van der Waals surface area contributed by atoms with Crippen molar-refractivity contribution in [3.05, 3.63) is 39.9 Å². The zero-order valence-electron chi connectivity index (χ0n) is 7.48. The summed E-state index contributed by atoms with van der Waals surface area (Å²) in [5, 5.41) is 8.91. The van der Waals surface area contributed by atoms with Crippen molar-refractivity contribution in [2.24, 2.45) is 0 Å². The minimum absolute atomic E-state index is 0.0504. The van der Waals surface area contributed by atoms with Crippen LogP contribution in [0.15, 0.2) is 34.7 Å². The predicted octanol–water partition coefficient (Wildman–Crippen LogP) is 2.64. The standard InChI is InChI=1S/C10H6INO3/c11-10-12-7(9(13)14)8(15-10)6-4-2-1-3-5-6/h1-5H,(H,13,14). The molecule has 0 atom stereocenters. The number of nitrogens with zero attached hydrogens (tertiary/aromatic N) is 1. The summed E-state index contributed by atoms with van der Waals surface area (Å²) in [4.78, 5) is 14.7. The van der Waals surface area contributed by atoms with E-state index in [1.54, 1.807) is 12.1 Å². The van der Waals surface area contributed by atoms with Crippen molar-refractivity contribution in [3.8, 4) is 11.3 Å². The summed E-state index contributed by atoms with van der Waals surface area (Å²) in [5.74, 6) is -0.784. The van der Waals surface area contributed by atoms with Crippen LogP contribution in [-0.4, -0.2) is 16.1 Å². The van der Waals surface area contributed by atoms with Gasteiger partial charge in [-0.25, -0.2) is 4.79 Å². The first-order valence-corrected chi connectivity index (χ1v) is 5.21. The number of carboxylic acids is 1. The van der Waals surface area contributed by atoms with Gasteiger partial charge in [0, 0.05) is 28.2 Å². The maximum atomic E-state index is 10.9. The fourth-order valence-electron chi connectivity index (χ4n) is 1.22. The molecule has 1 aromatic heterocycles. The molecule has 2 rings (SSSR count). The predicted molar refractivity (Wildman–Crippen MR) is 61.6 cm³/mol. The second kappa shape index (κ2) is 4.01. The van der Waals surface area contributed by atoms with Gasteiger partial charge >= 0.3 is 5.97 Å². The number of rotatable bonds is 2. The molecule has 0 aliphatic heterocycles. The lowest BCUT2D eigenvalue weighted by molar-refractivity contribution is 0.0691. The van der Waals surface area contributed by atoms with E-state index in [-0.39, 0.29) is 5.69 Å². The van der Waals surface area contributed by atoms with Gasteiger partial charge in [0.15, 0.2) is 11.5 Å². The summed E-state index contributed by atoms with van der Waals surface area (Å²) in [6.07, 6.45) is 0. The van der Waals surface area contributed by atoms with Crippen LogP contribution in [0.5, 0.6) is 0 Å². The minimum atomic E-state index is -1.08. The highest BCUT2D eigenvalue weighted by molar-refractivity contribution is 14.1. The van der Waals surface area contributed by atoms with Gasteiger partial charge in [-0.15, -0.1) is 0 Å². The summed E-state index contributed by atoms with van der Waals surface area (Å²) in [5.41, 5.74) is 0.663. The number of benzene rings is 1. The number of oxazole rings is 1. The Balaban J connectivity index is 2.58. The molecule has 2 aromatic rings. The first-order chi connectivity index (χ1) is 7.18. The molecule has 1 aromatic carbocycles. The van der Waals surface area contributed by atoms with Gasteiger partial charge in [-0.1, -0.05) is 30.3 Å². The number of hydrogen-bond acceptors (Lipinski definition) is 3. The molecule has 1 heterocycles. The van der Waals surface area contributed by atoms with Crippen LogP contribution in [0.4, 0.5) is 0 Å². The zero-order valence-corrected chi connectivity index (χ0v) is 9.63. The van der Waals surface area contributed by atoms with Gasteiger partial charge in [0.2, 0.25) is 0 Å². The Labute approximate surface area is 99.1 Å². The normalized spacial score (nSPS) is 10.2. The van der Waals surface area contributed by atoms with Crippen LogP contribution < -0.4 is 0 Å². The number of carbonyl (C=O) groups is 1. The van der Waals surface area contributed by atoms with E-state index in [4.69, 9.17) is 9.52 Å². The Bertz CT molecular complexity index is 493. The average Bonchev–Trinajstić information content (AvgIpc) is 2.62. The van der Waals surface area contributed by atoms with Gasteiger partial charge in [0.1, 0.15) is 0 Å². The van der Waals surface area contributed by atoms with Crippen molar-refractivity contribution >= 4 is 28.6 Å². The smallest absolute Gasteiger partial charge is 0.358 e. The molecular formula is C10H6INO3. The monoisotopic (exact) mass is 315 g/mol. The van der Waals surface area contributed by atoms with Crippen molar-refractivity contribution in [1.82, 2.24) is 4.98 Å². The molecule has 5 heteroatoms. The van der Waals surface area contributed by atoms with Crippen LogP contribution in [0.2, 0.25) is 0 Å². The van der Waals surface area contributed by atoms with Crippen molar-refractivity contribution in [2.75, 3.05) is 0 Å². The molecule has 0 aliphatic carbocycles. The fraction of sp³-hybridized carbons (Fsp3) is 0. The van der Waals surface area contributed by atoms with Crippen molar-refractivity contribution < 1.29 is 14.3 Å². The molecule has 0 amide bonds. The number of aromatic carboxylic acids is 1. The Morgan fingerprint density at radius 1 is 1.33 bits per heavy atom. The van der Waals surface area contributed by atoms with Gasteiger partial charge in [-0.05, 0) is 0 Å². The van der Waals surface area contributed by atoms with E-state index in [1.165, 1.54) is 0 Å². The highest BCUT2D eigenvalue weighted by atomic mass is 127. The van der Waals surface area contributed by atoms with E-state index < -0.39 is 5.97 Å². The molecule has 0 radical (unpaired) electrons. The molecule has 0 saturated carbocycles. The molecule has 0 unspecified atom stereocenters. The Morgan fingerprint density at radius 2 is 2.00 bits per heavy atom. The number of carboxylic acid groups (broad SMARTS) is 1. The van der Waals surface area contributed by atoms with E-state index in [1.807, 2.05) is 40.8 Å². The summed E-state index contributed by atoms with van der Waals surface area (Å²) in [6, 6.07) is 9.05. The fourth-order valence-corrected chi connectivity index (χ4v) is 1.69. The first-order valence-electron chi connectivity index (χ1n) is 4.13. The quantitative estimate of drug-likeness (QED) is 0.866. The molecule has 76 valence electrons. The minimum Gasteiger partial charge on any atom is -0.476 e. The van der Waals surface area contributed by atoms with Gasteiger partial charge < -0.3 is 9.52 Å². The van der Waals surface area contributed by atoms with Gasteiger partial charge in [0.05, 0.1) is 0 Å². The lowest BCUT2D eigenvalue weighted by atomic mass is 10.1. The lowest BCUT2D eigenvalue weighted by Gasteiger charge is -1.95. The Morgan fingerprint density at radius 3 is 2.60 bits per heavy atom. The second-order valence-corrected chi connectivity index (χ2v) is 3.74. The largest absolute Gasteiger partial charge is 0.476 e. The van der Waals surface area contributed by atoms with E-state index >= 15 is 0 Å². The van der Waals surface area contributed by atoms with Crippen LogP contribution in [0.25, 0.3) is 11.3 Å². The molecular weight excluding hydrogens is 309 g/mol. The molecule has 4 nitrogen and oxygen atoms in total. The van der Waals surface area contributed by atoms with Crippen LogP contribution in [0.1, 0.15) is 10.5 Å². The third-order valence-corrected chi connectivity index (χ3v) is 2.30. The van der Waals surface area contributed by atoms with Crippen molar-refractivity contribution in [2.45, 2.75) is 0 Å². The SMILES string of the molecule is O=C(O)c1nc(I)oc1-c1ccccc1. The summed E-state index contributed by atoms with van der Waals surface area (Å²) < 4.78 is 5.58. The van der Waals surface area contributed by atoms with E-state index in [9.17, 15) is 4.79 Å². The third-order valence-electron chi connectivity index (χ3n) is 1.84. The first kappa shape index (κ1) is 10.2. The van der Waals surface area contributed by atoms with Crippen LogP contribution >= 0.6 is 22.6 Å². The van der Waals surface area contributed by atoms with Gasteiger partial charge in [-0.2, -0.15) is 4.98 Å². The zero-order chi connectivity index (χ0) is 10.8. The van der Waals surface area contributed by atoms with E-state index in [0.29, 0.717) is 15.2 Å². The highest BCUT2D eigenvalue weighted by Gasteiger charge is 2.19. The molecule has 0 spiro atoms. The van der Waals surface area contributed by atoms with Crippen molar-refractivity contribution in [3.63, 3.8) is 0 Å². The summed E-state index contributed by atoms with van der Waals surface area (Å²) >= 11 is 1.85. The maximum absolute atomic E-state index is 10.9. The molecule has 0 saturated heterocycles. The van der Waals surface area contributed by atoms with E-state index in [2.05, 4.69) is 4.98 Å². The topological polar surface area (TPSA) is 63.3 Å². The van der Waals surface area contributed by atoms with Gasteiger partial charge in [-0.3, -0.25) is 0 Å². The van der Waals surface area contributed by atoms with E-state index in [0.717, 1.165) is 0 Å². The second-order valence-electron chi connectivity index (χ2n) is 2.82. The number of halogens is 1. The van der Waals surface area contributed by atoms with Crippen LogP contribution in [0.3, 0.4) is 0 Å². The third kappa shape index (κ3) is 2.01. The molecule has 0 bridgehead atoms. The molecule has 0 fully saturated rings. The summed E-state index contributed by atoms with van der Waals surface area (Å²) in [7, 11) is 0. The Hall–Kier alpha value is -1.37. The van der Waals surface area contributed by atoms with Crippen molar-refractivity contribution in [1.29, 1.82) is 0 Å². The lowest BCUT2D eigenvalue weighted by Crippen LogP contribution is -1.98.